The van der Waals surface area contributed by atoms with Gasteiger partial charge in [-0.1, -0.05) is 0 Å². The van der Waals surface area contributed by atoms with Crippen LogP contribution in [0.15, 0.2) is 19.8 Å². The van der Waals surface area contributed by atoms with Crippen molar-refractivity contribution in [2.24, 2.45) is 0 Å². The van der Waals surface area contributed by atoms with Crippen LogP contribution in [-0.4, -0.2) is 31.6 Å². The maximum atomic E-state index is 6.47. The van der Waals surface area contributed by atoms with Gasteiger partial charge in [-0.3, -0.25) is 0 Å². The summed E-state index contributed by atoms with van der Waals surface area (Å²) in [5.41, 5.74) is 0. The Balaban J connectivity index is 3.39. The second-order valence-electron chi connectivity index (χ2n) is 7.80. The Hall–Kier alpha value is 0.786. The van der Waals surface area contributed by atoms with Gasteiger partial charge in [-0.25, -0.2) is 0 Å². The van der Waals surface area contributed by atoms with Crippen LogP contribution in [-0.2, 0) is 30.0 Å². The molecule has 3 nitrogen and oxygen atoms in total. The Morgan fingerprint density at radius 3 is 1.59 bits per heavy atom. The standard InChI is InChI=1S/C8H13Ge.3C3H7O.Zr/c1-9(2,3)8-6-4-5-7-8;3*1-3(2)4;/h4,6H,5H2,1-3H3;3*3H,1-2H3;/q;3*-1;+3. The van der Waals surface area contributed by atoms with E-state index in [1.54, 1.807) is 0 Å². The van der Waals surface area contributed by atoms with Crippen molar-refractivity contribution in [1.29, 1.82) is 0 Å². The number of rotatable bonds is 8. The van der Waals surface area contributed by atoms with Gasteiger partial charge in [0.2, 0.25) is 0 Å². The summed E-state index contributed by atoms with van der Waals surface area (Å²) in [7, 11) is 0. The molecule has 128 valence electrons. The molecule has 0 spiro atoms. The van der Waals surface area contributed by atoms with Crippen LogP contribution in [0.25, 0.3) is 0 Å². The molecule has 0 aromatic heterocycles. The molecule has 22 heavy (non-hydrogen) atoms. The first-order valence-electron chi connectivity index (χ1n) is 8.42. The average molecular weight is 450 g/mol. The van der Waals surface area contributed by atoms with Crippen LogP contribution in [0, 0.1) is 0 Å². The van der Waals surface area contributed by atoms with E-state index in [9.17, 15) is 0 Å². The zero-order chi connectivity index (χ0) is 17.1. The summed E-state index contributed by atoms with van der Waals surface area (Å²) >= 11 is -5.76. The predicted molar refractivity (Wildman–Crippen MR) is 92.8 cm³/mol. The van der Waals surface area contributed by atoms with E-state index in [1.165, 1.54) is 7.69 Å². The zero-order valence-corrected chi connectivity index (χ0v) is 20.4. The van der Waals surface area contributed by atoms with Crippen LogP contribution < -0.4 is 0 Å². The zero-order valence-electron chi connectivity index (χ0n) is 15.8. The molecule has 0 aliphatic heterocycles. The quantitative estimate of drug-likeness (QED) is 0.473. The molecule has 0 fully saturated rings. The molecule has 5 heteroatoms. The van der Waals surface area contributed by atoms with Crippen LogP contribution >= 0.6 is 0 Å². The van der Waals surface area contributed by atoms with Gasteiger partial charge in [0.1, 0.15) is 0 Å². The van der Waals surface area contributed by atoms with Crippen molar-refractivity contribution in [2.75, 3.05) is 0 Å². The Kier molecular flexibility index (Phi) is 7.81. The van der Waals surface area contributed by atoms with Crippen molar-refractivity contribution < 1.29 is 30.0 Å². The van der Waals surface area contributed by atoms with E-state index in [4.69, 9.17) is 8.44 Å². The van der Waals surface area contributed by atoms with Gasteiger partial charge < -0.3 is 0 Å². The molecule has 0 heterocycles. The first kappa shape index (κ1) is 20.8. The molecule has 1 aliphatic rings. The van der Waals surface area contributed by atoms with Crippen molar-refractivity contribution in [3.8, 4) is 0 Å². The summed E-state index contributed by atoms with van der Waals surface area (Å²) in [5.74, 6) is 7.30. The number of allylic oxidation sites excluding steroid dienone is 4. The average Bonchev–Trinajstić information content (AvgIpc) is 2.73. The summed E-state index contributed by atoms with van der Waals surface area (Å²) < 4.78 is 22.3. The first-order valence-corrected chi connectivity index (χ1v) is 20.0. The molecular weight excluding hydrogens is 416 g/mol. The van der Waals surface area contributed by atoms with E-state index in [0.29, 0.717) is 0 Å². The van der Waals surface area contributed by atoms with Gasteiger partial charge in [0.05, 0.1) is 0 Å². The molecular formula is C17H34GeO3Zr. The minimum absolute atomic E-state index is 0.120. The Bertz CT molecular complexity index is 407. The monoisotopic (exact) mass is 450 g/mol. The Morgan fingerprint density at radius 2 is 1.27 bits per heavy atom. The Morgan fingerprint density at radius 1 is 0.864 bits per heavy atom. The van der Waals surface area contributed by atoms with E-state index < -0.39 is 34.9 Å². The molecule has 0 saturated heterocycles. The van der Waals surface area contributed by atoms with Gasteiger partial charge in [-0.15, -0.1) is 0 Å². The first-order chi connectivity index (χ1) is 9.98. The van der Waals surface area contributed by atoms with Gasteiger partial charge >= 0.3 is 147 Å². The van der Waals surface area contributed by atoms with Crippen molar-refractivity contribution in [1.82, 2.24) is 0 Å². The fraction of sp³-hybridized carbons (Fsp3) is 0.765. The molecule has 1 rings (SSSR count). The maximum absolute atomic E-state index is 6.47. The van der Waals surface area contributed by atoms with Crippen LogP contribution in [0.1, 0.15) is 48.0 Å². The minimum atomic E-state index is -3.78. The van der Waals surface area contributed by atoms with Gasteiger partial charge in [-0.2, -0.15) is 0 Å². The third-order valence-electron chi connectivity index (χ3n) is 3.28. The second kappa shape index (κ2) is 8.25. The van der Waals surface area contributed by atoms with Crippen LogP contribution in [0.5, 0.6) is 0 Å². The molecule has 0 N–H and O–H groups in total. The molecule has 0 radical (unpaired) electrons. The fourth-order valence-corrected chi connectivity index (χ4v) is 20.8. The van der Waals surface area contributed by atoms with Gasteiger partial charge in [0.15, 0.2) is 0 Å². The number of hydrogen-bond acceptors (Lipinski definition) is 3. The third kappa shape index (κ3) is 5.70. The van der Waals surface area contributed by atoms with Crippen LogP contribution in [0.2, 0.25) is 17.3 Å². The molecule has 0 saturated carbocycles. The fourth-order valence-electron chi connectivity index (χ4n) is 2.73. The van der Waals surface area contributed by atoms with E-state index in [1.807, 2.05) is 0 Å². The molecule has 0 aromatic carbocycles. The van der Waals surface area contributed by atoms with E-state index in [0.717, 1.165) is 6.42 Å². The molecule has 0 unspecified atom stereocenters. The number of hydrogen-bond donors (Lipinski definition) is 0. The van der Waals surface area contributed by atoms with Crippen LogP contribution in [0.4, 0.5) is 0 Å². The molecule has 0 amide bonds. The summed E-state index contributed by atoms with van der Waals surface area (Å²) in [6.07, 6.45) is 5.89. The summed E-state index contributed by atoms with van der Waals surface area (Å²) in [5, 5.41) is 0. The molecule has 1 aliphatic carbocycles. The van der Waals surface area contributed by atoms with E-state index in [-0.39, 0.29) is 18.3 Å². The topological polar surface area (TPSA) is 27.7 Å². The summed E-state index contributed by atoms with van der Waals surface area (Å²) in [6.45, 7) is 12.5. The van der Waals surface area contributed by atoms with E-state index >= 15 is 0 Å². The van der Waals surface area contributed by atoms with Crippen molar-refractivity contribution in [3.05, 3.63) is 19.8 Å². The second-order valence-corrected chi connectivity index (χ2v) is 24.3. The van der Waals surface area contributed by atoms with Gasteiger partial charge in [0.25, 0.3) is 0 Å². The van der Waals surface area contributed by atoms with Gasteiger partial charge in [0, 0.05) is 0 Å². The van der Waals surface area contributed by atoms with Crippen molar-refractivity contribution in [2.45, 2.75) is 83.5 Å². The van der Waals surface area contributed by atoms with Crippen LogP contribution in [0.3, 0.4) is 0 Å². The predicted octanol–water partition coefficient (Wildman–Crippen LogP) is 5.25. The normalized spacial score (nSPS) is 16.7. The SMILES string of the molecule is CC(C)[O][Zr]([O]C(C)C)([O]C(C)C)[C]1=[C]([Ge]([CH3])([CH3])[CH3])C=CC1. The molecule has 0 bridgehead atoms. The van der Waals surface area contributed by atoms with Crippen molar-refractivity contribution >= 4 is 13.3 Å². The Labute approximate surface area is 146 Å². The molecule has 0 aromatic rings. The summed E-state index contributed by atoms with van der Waals surface area (Å²) in [4.78, 5) is 0. The van der Waals surface area contributed by atoms with Crippen molar-refractivity contribution in [3.63, 3.8) is 0 Å². The summed E-state index contributed by atoms with van der Waals surface area (Å²) in [6, 6.07) is 0. The van der Waals surface area contributed by atoms with E-state index in [2.05, 4.69) is 71.0 Å². The third-order valence-corrected chi connectivity index (χ3v) is 17.7. The molecule has 0 atom stereocenters. The van der Waals surface area contributed by atoms with Gasteiger partial charge in [-0.05, 0) is 0 Å².